The summed E-state index contributed by atoms with van der Waals surface area (Å²) in [7, 11) is 1.74. The highest BCUT2D eigenvalue weighted by molar-refractivity contribution is 7.09. The number of hydrogen-bond acceptors (Lipinski definition) is 8. The molecule has 30 heavy (non-hydrogen) atoms. The highest BCUT2D eigenvalue weighted by Gasteiger charge is 2.30. The van der Waals surface area contributed by atoms with E-state index in [9.17, 15) is 14.4 Å². The summed E-state index contributed by atoms with van der Waals surface area (Å²) in [5, 5.41) is 17.5. The average molecular weight is 431 g/mol. The number of nitrogens with zero attached hydrogens (tertiary/aromatic N) is 7. The molecular formula is C19H22FN7O2S. The number of anilines is 1. The van der Waals surface area contributed by atoms with Crippen LogP contribution in [0.25, 0.3) is 11.4 Å². The summed E-state index contributed by atoms with van der Waals surface area (Å²) in [6.45, 7) is 3.02. The van der Waals surface area contributed by atoms with Gasteiger partial charge in [0.25, 0.3) is 0 Å². The maximum Gasteiger partial charge on any atom is 0.249 e. The van der Waals surface area contributed by atoms with Gasteiger partial charge < -0.3 is 4.90 Å². The zero-order chi connectivity index (χ0) is 21.3. The lowest BCUT2D eigenvalue weighted by molar-refractivity contribution is -0.173. The molecule has 1 saturated heterocycles. The van der Waals surface area contributed by atoms with Crippen molar-refractivity contribution in [2.24, 2.45) is 13.0 Å². The van der Waals surface area contributed by atoms with E-state index < -0.39 is 5.82 Å². The second-order valence-electron chi connectivity index (χ2n) is 7.25. The Hall–Kier alpha value is -2.92. The number of halogens is 1. The van der Waals surface area contributed by atoms with Gasteiger partial charge in [-0.2, -0.15) is 5.10 Å². The molecule has 0 aromatic carbocycles. The number of thiazole rings is 1. The van der Waals surface area contributed by atoms with Crippen LogP contribution >= 0.6 is 11.3 Å². The number of aryl methyl sites for hydroxylation is 2. The summed E-state index contributed by atoms with van der Waals surface area (Å²) < 4.78 is 16.0. The average Bonchev–Trinajstić information content (AvgIpc) is 3.37. The molecule has 11 heteroatoms. The van der Waals surface area contributed by atoms with Gasteiger partial charge in [0.15, 0.2) is 5.82 Å². The standard InChI is InChI=1S/C19H22FN7O2S/c1-12-9-23-25(2)17(12)16-14(20)10-22-19(24-16)26-6-3-13(4-7-26)18(28)27(29)11-15-21-5-8-30-15/h5,8-10,13,29H,3-4,6-7,11H2,1-2H3. The molecule has 0 atom stereocenters. The lowest BCUT2D eigenvalue weighted by Crippen LogP contribution is -2.41. The Bertz CT molecular complexity index is 1010. The van der Waals surface area contributed by atoms with Crippen molar-refractivity contribution < 1.29 is 14.4 Å². The minimum Gasteiger partial charge on any atom is -0.341 e. The summed E-state index contributed by atoms with van der Waals surface area (Å²) in [6.07, 6.45) is 5.58. The summed E-state index contributed by atoms with van der Waals surface area (Å²) in [4.78, 5) is 27.1. The van der Waals surface area contributed by atoms with Gasteiger partial charge in [-0.25, -0.2) is 24.4 Å². The summed E-state index contributed by atoms with van der Waals surface area (Å²) in [5.41, 5.74) is 1.65. The van der Waals surface area contributed by atoms with Crippen LogP contribution < -0.4 is 4.90 Å². The number of hydrogen-bond donors (Lipinski definition) is 1. The van der Waals surface area contributed by atoms with E-state index in [1.807, 2.05) is 11.8 Å². The molecule has 0 bridgehead atoms. The number of rotatable bonds is 5. The van der Waals surface area contributed by atoms with E-state index in [1.165, 1.54) is 17.5 Å². The van der Waals surface area contributed by atoms with Gasteiger partial charge in [-0.05, 0) is 25.3 Å². The Labute approximate surface area is 176 Å². The number of aromatic nitrogens is 5. The van der Waals surface area contributed by atoms with Gasteiger partial charge in [0, 0.05) is 37.6 Å². The molecule has 4 rings (SSSR count). The third-order valence-electron chi connectivity index (χ3n) is 5.23. The van der Waals surface area contributed by atoms with Gasteiger partial charge in [0.05, 0.1) is 18.1 Å². The molecule has 9 nitrogen and oxygen atoms in total. The molecule has 3 aromatic heterocycles. The van der Waals surface area contributed by atoms with E-state index in [0.29, 0.717) is 42.6 Å². The monoisotopic (exact) mass is 431 g/mol. The first-order valence-electron chi connectivity index (χ1n) is 9.59. The second-order valence-corrected chi connectivity index (χ2v) is 8.23. The predicted molar refractivity (Wildman–Crippen MR) is 108 cm³/mol. The zero-order valence-corrected chi connectivity index (χ0v) is 17.5. The number of piperidine rings is 1. The van der Waals surface area contributed by atoms with Crippen molar-refractivity contribution >= 4 is 23.2 Å². The van der Waals surface area contributed by atoms with Crippen molar-refractivity contribution in [1.29, 1.82) is 0 Å². The van der Waals surface area contributed by atoms with E-state index in [2.05, 4.69) is 20.1 Å². The van der Waals surface area contributed by atoms with E-state index in [-0.39, 0.29) is 24.1 Å². The molecule has 1 fully saturated rings. The van der Waals surface area contributed by atoms with Gasteiger partial charge >= 0.3 is 0 Å². The third kappa shape index (κ3) is 4.03. The van der Waals surface area contributed by atoms with Crippen LogP contribution in [0.4, 0.5) is 10.3 Å². The van der Waals surface area contributed by atoms with Crippen LogP contribution in [0.1, 0.15) is 23.4 Å². The van der Waals surface area contributed by atoms with Gasteiger partial charge in [0.1, 0.15) is 17.2 Å². The highest BCUT2D eigenvalue weighted by atomic mass is 32.1. The molecule has 3 aromatic rings. The Morgan fingerprint density at radius 2 is 2.10 bits per heavy atom. The van der Waals surface area contributed by atoms with Gasteiger partial charge in [-0.1, -0.05) is 0 Å². The number of hydroxylamine groups is 2. The maximum atomic E-state index is 14.4. The molecule has 0 aliphatic carbocycles. The highest BCUT2D eigenvalue weighted by Crippen LogP contribution is 2.27. The van der Waals surface area contributed by atoms with Gasteiger partial charge in [-0.3, -0.25) is 14.7 Å². The van der Waals surface area contributed by atoms with E-state index in [1.54, 1.807) is 29.5 Å². The molecule has 0 saturated carbocycles. The van der Waals surface area contributed by atoms with Crippen LogP contribution in [0, 0.1) is 18.7 Å². The number of carbonyl (C=O) groups excluding carboxylic acids is 1. The predicted octanol–water partition coefficient (Wildman–Crippen LogP) is 2.42. The summed E-state index contributed by atoms with van der Waals surface area (Å²) in [5.74, 6) is -0.684. The first-order valence-corrected chi connectivity index (χ1v) is 10.5. The summed E-state index contributed by atoms with van der Waals surface area (Å²) >= 11 is 1.39. The first-order chi connectivity index (χ1) is 14.4. The van der Waals surface area contributed by atoms with E-state index >= 15 is 0 Å². The molecule has 1 aliphatic heterocycles. The molecule has 0 radical (unpaired) electrons. The topological polar surface area (TPSA) is 100 Å². The lowest BCUT2D eigenvalue weighted by Gasteiger charge is -2.32. The van der Waals surface area contributed by atoms with Crippen LogP contribution in [0.3, 0.4) is 0 Å². The zero-order valence-electron chi connectivity index (χ0n) is 16.7. The van der Waals surface area contributed by atoms with Crippen LogP contribution in [0.5, 0.6) is 0 Å². The van der Waals surface area contributed by atoms with Crippen molar-refractivity contribution in [2.45, 2.75) is 26.3 Å². The number of amides is 1. The number of carbonyl (C=O) groups is 1. The fraction of sp³-hybridized carbons (Fsp3) is 0.421. The van der Waals surface area contributed by atoms with E-state index in [4.69, 9.17) is 0 Å². The largest absolute Gasteiger partial charge is 0.341 e. The fourth-order valence-corrected chi connectivity index (χ4v) is 4.24. The van der Waals surface area contributed by atoms with Crippen LogP contribution in [0.2, 0.25) is 0 Å². The van der Waals surface area contributed by atoms with Crippen molar-refractivity contribution in [3.05, 3.63) is 40.4 Å². The minimum absolute atomic E-state index is 0.0885. The molecule has 158 valence electrons. The van der Waals surface area contributed by atoms with Crippen molar-refractivity contribution in [3.8, 4) is 11.4 Å². The Kier molecular flexibility index (Phi) is 5.73. The molecule has 0 unspecified atom stereocenters. The molecule has 1 amide bonds. The third-order valence-corrected chi connectivity index (χ3v) is 5.99. The second kappa shape index (κ2) is 8.44. The minimum atomic E-state index is -0.506. The lowest BCUT2D eigenvalue weighted by atomic mass is 9.96. The fourth-order valence-electron chi connectivity index (χ4n) is 3.64. The van der Waals surface area contributed by atoms with Crippen molar-refractivity contribution in [1.82, 2.24) is 29.8 Å². The summed E-state index contributed by atoms with van der Waals surface area (Å²) in [6, 6.07) is 0. The Morgan fingerprint density at radius 1 is 1.33 bits per heavy atom. The van der Waals surface area contributed by atoms with E-state index in [0.717, 1.165) is 10.6 Å². The van der Waals surface area contributed by atoms with Crippen molar-refractivity contribution in [3.63, 3.8) is 0 Å². The normalized spacial score (nSPS) is 14.9. The first kappa shape index (κ1) is 20.4. The molecular weight excluding hydrogens is 409 g/mol. The quantitative estimate of drug-likeness (QED) is 0.489. The van der Waals surface area contributed by atoms with Gasteiger partial charge in [0.2, 0.25) is 11.9 Å². The smallest absolute Gasteiger partial charge is 0.249 e. The molecule has 1 N–H and O–H groups in total. The Balaban J connectivity index is 1.43. The van der Waals surface area contributed by atoms with Crippen LogP contribution in [0.15, 0.2) is 24.0 Å². The SMILES string of the molecule is Cc1cnn(C)c1-c1nc(N2CCC(C(=O)N(O)Cc3nccs3)CC2)ncc1F. The van der Waals surface area contributed by atoms with Crippen LogP contribution in [-0.4, -0.2) is 54.0 Å². The molecule has 4 heterocycles. The van der Waals surface area contributed by atoms with Crippen LogP contribution in [-0.2, 0) is 18.4 Å². The molecule has 1 aliphatic rings. The Morgan fingerprint density at radius 3 is 2.73 bits per heavy atom. The van der Waals surface area contributed by atoms with Gasteiger partial charge in [-0.15, -0.1) is 11.3 Å². The van der Waals surface area contributed by atoms with Crippen molar-refractivity contribution in [2.75, 3.05) is 18.0 Å². The maximum absolute atomic E-state index is 14.4. The molecule has 0 spiro atoms.